The zero-order valence-corrected chi connectivity index (χ0v) is 13.1. The smallest absolute Gasteiger partial charge is 0.161 e. The van der Waals surface area contributed by atoms with Gasteiger partial charge in [-0.05, 0) is 53.7 Å². The van der Waals surface area contributed by atoms with Gasteiger partial charge in [-0.25, -0.2) is 0 Å². The maximum atomic E-state index is 11.3. The first kappa shape index (κ1) is 5.37. The predicted molar refractivity (Wildman–Crippen MR) is 95.7 cm³/mol. The number of ether oxygens (including phenoxy) is 2. The summed E-state index contributed by atoms with van der Waals surface area (Å²) in [7, 11) is -2.37. The van der Waals surface area contributed by atoms with Crippen molar-refractivity contribution in [3.05, 3.63) is 23.2 Å². The fourth-order valence-corrected chi connectivity index (χ4v) is 2.57. The van der Waals surface area contributed by atoms with Crippen molar-refractivity contribution < 1.29 is 42.0 Å². The van der Waals surface area contributed by atoms with Gasteiger partial charge in [0.25, 0.3) is 0 Å². The zero-order chi connectivity index (χ0) is 34.8. The molecule has 1 saturated heterocycles. The molecule has 0 bridgehead atoms. The second kappa shape index (κ2) is 6.57. The van der Waals surface area contributed by atoms with Crippen LogP contribution in [0.15, 0.2) is 12.1 Å². The average molecular weight is 354 g/mol. The molecule has 4 heteroatoms. The fraction of sp³-hybridized carbons (Fsp3) is 0.700. The quantitative estimate of drug-likeness (QED) is 0.904. The number of methoxy groups -OCH3 is 2. The van der Waals surface area contributed by atoms with Crippen molar-refractivity contribution >= 4 is 0 Å². The SMILES string of the molecule is [2H]c1c(OC([2H])([2H])[2H])c(OC)c([2H])c2c1C1([2H])CC(O)C(C([2H])([2H])C(C)(C([2H])([2H])[2H])C([2H])([2H])[2H])C([2H])([2H])N1C([2H])([2H])C2([2H])[2H]. The lowest BCUT2D eigenvalue weighted by molar-refractivity contribution is -0.0259. The second-order valence-corrected chi connectivity index (χ2v) is 5.63. The van der Waals surface area contributed by atoms with Crippen LogP contribution in [0.5, 0.6) is 11.5 Å². The Hall–Kier alpha value is -1.26. The Balaban J connectivity index is 2.50. The van der Waals surface area contributed by atoms with E-state index < -0.39 is 111 Å². The van der Waals surface area contributed by atoms with Crippen LogP contribution in [0.3, 0.4) is 0 Å². The van der Waals surface area contributed by atoms with Crippen LogP contribution in [0.1, 0.15) is 78.0 Å². The molecule has 24 heavy (non-hydrogen) atoms. The normalized spacial score (nSPS) is 51.1. The van der Waals surface area contributed by atoms with Crippen LogP contribution >= 0.6 is 0 Å². The molecular weight excluding hydrogens is 302 g/mol. The van der Waals surface area contributed by atoms with E-state index in [0.717, 1.165) is 7.11 Å². The van der Waals surface area contributed by atoms with Gasteiger partial charge in [-0.15, -0.1) is 0 Å². The Morgan fingerprint density at radius 2 is 2.29 bits per heavy atom. The summed E-state index contributed by atoms with van der Waals surface area (Å²) in [6.45, 7) is -14.4. The van der Waals surface area contributed by atoms with Crippen molar-refractivity contribution in [2.75, 3.05) is 27.1 Å². The van der Waals surface area contributed by atoms with Crippen LogP contribution in [-0.2, 0) is 6.37 Å². The molecule has 1 N–H and O–H groups in total. The molecule has 2 heterocycles. The monoisotopic (exact) mass is 353 g/mol. The highest BCUT2D eigenvalue weighted by Crippen LogP contribution is 2.44. The Bertz CT molecular complexity index is 1300. The largest absolute Gasteiger partial charge is 0.493 e. The van der Waals surface area contributed by atoms with Gasteiger partial charge >= 0.3 is 0 Å². The highest BCUT2D eigenvalue weighted by molar-refractivity contribution is 5.49. The van der Waals surface area contributed by atoms with E-state index in [-0.39, 0.29) is 4.90 Å². The number of fused-ring (bicyclic) bond motifs is 3. The van der Waals surface area contributed by atoms with Crippen molar-refractivity contribution in [3.8, 4) is 11.5 Å². The van der Waals surface area contributed by atoms with Gasteiger partial charge in [-0.1, -0.05) is 20.6 Å². The van der Waals surface area contributed by atoms with Crippen molar-refractivity contribution in [2.45, 2.75) is 51.9 Å². The van der Waals surface area contributed by atoms with Crippen LogP contribution in [0.2, 0.25) is 0 Å². The molecule has 0 spiro atoms. The molecule has 0 amide bonds. The predicted octanol–water partition coefficient (Wildman–Crippen LogP) is 3.42. The number of benzene rings is 1. The van der Waals surface area contributed by atoms with E-state index >= 15 is 0 Å². The van der Waals surface area contributed by atoms with E-state index in [1.807, 2.05) is 0 Å². The minimum absolute atomic E-state index is 0.160. The van der Waals surface area contributed by atoms with Crippen LogP contribution in [0, 0.1) is 11.3 Å². The van der Waals surface area contributed by atoms with Gasteiger partial charge in [0.2, 0.25) is 0 Å². The molecule has 1 aromatic carbocycles. The lowest BCUT2D eigenvalue weighted by Crippen LogP contribution is -2.48. The Morgan fingerprint density at radius 3 is 3.00 bits per heavy atom. The van der Waals surface area contributed by atoms with Gasteiger partial charge in [0.15, 0.2) is 11.5 Å². The van der Waals surface area contributed by atoms with E-state index in [1.165, 1.54) is 0 Å². The topological polar surface area (TPSA) is 41.9 Å². The summed E-state index contributed by atoms with van der Waals surface area (Å²) in [6, 6.07) is -5.30. The molecule has 0 radical (unpaired) electrons. The van der Waals surface area contributed by atoms with E-state index in [0.29, 0.717) is 6.92 Å². The summed E-state index contributed by atoms with van der Waals surface area (Å²) >= 11 is 0. The summed E-state index contributed by atoms with van der Waals surface area (Å²) in [6.07, 6.45) is -11.0. The molecular formula is C20H31NO3. The van der Waals surface area contributed by atoms with Crippen molar-refractivity contribution in [1.82, 2.24) is 4.90 Å². The van der Waals surface area contributed by atoms with Gasteiger partial charge in [0.1, 0.15) is 0 Å². The first-order chi connectivity index (χ1) is 19.2. The third-order valence-electron chi connectivity index (χ3n) is 3.59. The maximum Gasteiger partial charge on any atom is 0.161 e. The Labute approximate surface area is 173 Å². The highest BCUT2D eigenvalue weighted by atomic mass is 16.5. The lowest BCUT2D eigenvalue weighted by atomic mass is 9.75. The Morgan fingerprint density at radius 1 is 1.50 bits per heavy atom. The summed E-state index contributed by atoms with van der Waals surface area (Å²) in [4.78, 5) is -0.160. The lowest BCUT2D eigenvalue weighted by Gasteiger charge is -2.47. The van der Waals surface area contributed by atoms with E-state index in [1.54, 1.807) is 0 Å². The molecule has 3 atom stereocenters. The number of nitrogens with zero attached hydrogens (tertiary/aromatic N) is 1. The van der Waals surface area contributed by atoms with E-state index in [9.17, 15) is 6.48 Å². The minimum Gasteiger partial charge on any atom is -0.493 e. The van der Waals surface area contributed by atoms with E-state index in [4.69, 9.17) is 35.5 Å². The van der Waals surface area contributed by atoms with Crippen LogP contribution in [-0.4, -0.2) is 43.3 Å². The maximum absolute atomic E-state index is 11.3. The molecule has 0 aliphatic carbocycles. The van der Waals surface area contributed by atoms with Crippen molar-refractivity contribution in [3.63, 3.8) is 0 Å². The molecule has 134 valence electrons. The first-order valence-corrected chi connectivity index (χ1v) is 7.12. The number of aliphatic hydroxyl groups excluding tert-OH is 1. The zero-order valence-electron chi connectivity index (χ0n) is 33.1. The van der Waals surface area contributed by atoms with Gasteiger partial charge in [0, 0.05) is 38.2 Å². The molecule has 0 aromatic heterocycles. The van der Waals surface area contributed by atoms with Crippen molar-refractivity contribution in [1.29, 1.82) is 0 Å². The average Bonchev–Trinajstić information content (AvgIpc) is 2.75. The third-order valence-corrected chi connectivity index (χ3v) is 3.59. The van der Waals surface area contributed by atoms with Gasteiger partial charge < -0.3 is 14.6 Å². The number of aliphatic hydroxyl groups is 1. The van der Waals surface area contributed by atoms with Gasteiger partial charge in [-0.3, -0.25) is 4.90 Å². The summed E-state index contributed by atoms with van der Waals surface area (Å²) in [5.74, 6) is -4.58. The number of hydrogen-bond donors (Lipinski definition) is 1. The number of piperidine rings is 1. The molecule has 0 saturated carbocycles. The molecule has 4 nitrogen and oxygen atoms in total. The first-order valence-electron chi connectivity index (χ1n) is 17.1. The van der Waals surface area contributed by atoms with Crippen molar-refractivity contribution in [2.24, 2.45) is 11.3 Å². The highest BCUT2D eigenvalue weighted by Gasteiger charge is 2.39. The molecule has 2 aliphatic rings. The third kappa shape index (κ3) is 3.40. The van der Waals surface area contributed by atoms with Crippen LogP contribution < -0.4 is 9.47 Å². The molecule has 1 aromatic rings. The minimum atomic E-state index is -3.78. The summed E-state index contributed by atoms with van der Waals surface area (Å²) in [5, 5.41) is 11.3. The molecule has 1 fully saturated rings. The second-order valence-electron chi connectivity index (χ2n) is 5.63. The van der Waals surface area contributed by atoms with Gasteiger partial charge in [-0.2, -0.15) is 0 Å². The standard InChI is InChI=1S/C20H31NO3/c1-20(2,3)11-14-12-21-7-6-13-8-18(23-4)19(24-5)9-15(13)16(21)10-17(14)22/h8-9,14,16-17,22H,6-7,10-12H2,1-5H3/i1D3,2D3,5D3,6D2,7D2,8D,9D,11D2,12D2,16D. The number of hydrogen-bond acceptors (Lipinski definition) is 4. The molecule has 3 unspecified atom stereocenters. The van der Waals surface area contributed by atoms with Crippen LogP contribution in [0.4, 0.5) is 0 Å². The van der Waals surface area contributed by atoms with E-state index in [2.05, 4.69) is 0 Å². The fourth-order valence-electron chi connectivity index (χ4n) is 2.57. The van der Waals surface area contributed by atoms with Crippen LogP contribution in [0.25, 0.3) is 0 Å². The molecule has 3 rings (SSSR count). The molecule has 2 aliphatic heterocycles. The van der Waals surface area contributed by atoms with Gasteiger partial charge in [0.05, 0.1) is 28.5 Å². The number of rotatable bonds is 3. The Kier molecular flexibility index (Phi) is 1.47. The summed E-state index contributed by atoms with van der Waals surface area (Å²) in [5.41, 5.74) is -5.44. The summed E-state index contributed by atoms with van der Waals surface area (Å²) < 4.78 is 176.